The van der Waals surface area contributed by atoms with Gasteiger partial charge < -0.3 is 9.52 Å². The summed E-state index contributed by atoms with van der Waals surface area (Å²) in [5.41, 5.74) is -1.44. The Morgan fingerprint density at radius 2 is 1.86 bits per heavy atom. The van der Waals surface area contributed by atoms with Crippen molar-refractivity contribution in [3.8, 4) is 16.9 Å². The fourth-order valence-corrected chi connectivity index (χ4v) is 3.92. The van der Waals surface area contributed by atoms with Crippen molar-refractivity contribution in [2.75, 3.05) is 13.1 Å². The van der Waals surface area contributed by atoms with E-state index in [-0.39, 0.29) is 39.4 Å². The molecule has 0 atom stereocenters. The summed E-state index contributed by atoms with van der Waals surface area (Å²) in [7, 11) is 0. The molecule has 4 nitrogen and oxygen atoms in total. The normalized spacial score (nSPS) is 15.3. The zero-order valence-corrected chi connectivity index (χ0v) is 16.0. The summed E-state index contributed by atoms with van der Waals surface area (Å²) in [6.07, 6.45) is -2.95. The molecule has 8 heteroatoms. The van der Waals surface area contributed by atoms with Gasteiger partial charge in [-0.3, -0.25) is 9.69 Å². The van der Waals surface area contributed by atoms with E-state index >= 15 is 0 Å². The maximum Gasteiger partial charge on any atom is 0.450 e. The van der Waals surface area contributed by atoms with Crippen LogP contribution in [-0.2, 0) is 12.7 Å². The Labute approximate surface area is 169 Å². The number of halogens is 4. The van der Waals surface area contributed by atoms with Crippen LogP contribution in [0.25, 0.3) is 22.1 Å². The van der Waals surface area contributed by atoms with Gasteiger partial charge in [0.25, 0.3) is 0 Å². The number of hydrogen-bond donors (Lipinski definition) is 1. The Kier molecular flexibility index (Phi) is 5.04. The Hall–Kier alpha value is -2.51. The van der Waals surface area contributed by atoms with Crippen LogP contribution in [0.15, 0.2) is 45.6 Å². The minimum absolute atomic E-state index is 0.0139. The molecule has 0 radical (unpaired) electrons. The molecule has 29 heavy (non-hydrogen) atoms. The summed E-state index contributed by atoms with van der Waals surface area (Å²) < 4.78 is 46.8. The molecule has 1 N–H and O–H groups in total. The zero-order chi connectivity index (χ0) is 20.8. The van der Waals surface area contributed by atoms with Crippen LogP contribution in [0.1, 0.15) is 24.2 Å². The molecule has 1 saturated heterocycles. The van der Waals surface area contributed by atoms with Crippen LogP contribution in [0.4, 0.5) is 13.2 Å². The first kappa shape index (κ1) is 19.8. The van der Waals surface area contributed by atoms with Gasteiger partial charge in [0.05, 0.1) is 16.5 Å². The van der Waals surface area contributed by atoms with Gasteiger partial charge in [-0.05, 0) is 55.8 Å². The number of benzene rings is 2. The van der Waals surface area contributed by atoms with E-state index in [0.717, 1.165) is 25.9 Å². The van der Waals surface area contributed by atoms with Crippen molar-refractivity contribution in [1.82, 2.24) is 4.90 Å². The number of hydrogen-bond acceptors (Lipinski definition) is 4. The molecule has 0 saturated carbocycles. The van der Waals surface area contributed by atoms with Crippen molar-refractivity contribution in [2.45, 2.75) is 25.6 Å². The Morgan fingerprint density at radius 3 is 2.52 bits per heavy atom. The van der Waals surface area contributed by atoms with Crippen LogP contribution in [-0.4, -0.2) is 23.1 Å². The first-order chi connectivity index (χ1) is 13.8. The number of aromatic hydroxyl groups is 1. The molecule has 0 unspecified atom stereocenters. The predicted octanol–water partition coefficient (Wildman–Crippen LogP) is 5.43. The van der Waals surface area contributed by atoms with Gasteiger partial charge in [-0.15, -0.1) is 0 Å². The summed E-state index contributed by atoms with van der Waals surface area (Å²) in [6.45, 7) is 1.75. The van der Waals surface area contributed by atoms with Gasteiger partial charge in [-0.1, -0.05) is 23.7 Å². The lowest BCUT2D eigenvalue weighted by Gasteiger charge is -2.18. The van der Waals surface area contributed by atoms with Crippen LogP contribution in [0.2, 0.25) is 5.02 Å². The summed E-state index contributed by atoms with van der Waals surface area (Å²) in [6, 6.07) is 8.26. The van der Waals surface area contributed by atoms with E-state index in [0.29, 0.717) is 0 Å². The molecule has 152 valence electrons. The average molecular weight is 424 g/mol. The first-order valence-electron chi connectivity index (χ1n) is 9.13. The quantitative estimate of drug-likeness (QED) is 0.610. The predicted molar refractivity (Wildman–Crippen MR) is 104 cm³/mol. The van der Waals surface area contributed by atoms with Crippen molar-refractivity contribution < 1.29 is 22.7 Å². The van der Waals surface area contributed by atoms with Crippen LogP contribution in [0.5, 0.6) is 5.75 Å². The Bertz CT molecular complexity index is 1130. The van der Waals surface area contributed by atoms with Crippen LogP contribution < -0.4 is 5.43 Å². The molecular formula is C21H17ClF3NO3. The third-order valence-electron chi connectivity index (χ3n) is 5.09. The molecule has 3 aromatic rings. The lowest BCUT2D eigenvalue weighted by atomic mass is 10.00. The fourth-order valence-electron chi connectivity index (χ4n) is 3.73. The highest BCUT2D eigenvalue weighted by atomic mass is 35.5. The summed E-state index contributed by atoms with van der Waals surface area (Å²) in [5, 5.41) is 10.5. The molecule has 1 aliphatic rings. The first-order valence-corrected chi connectivity index (χ1v) is 9.50. The van der Waals surface area contributed by atoms with Crippen molar-refractivity contribution >= 4 is 22.6 Å². The molecule has 2 aromatic carbocycles. The Balaban J connectivity index is 2.01. The largest absolute Gasteiger partial charge is 0.507 e. The Morgan fingerprint density at radius 1 is 1.14 bits per heavy atom. The van der Waals surface area contributed by atoms with Crippen molar-refractivity contribution in [1.29, 1.82) is 0 Å². The average Bonchev–Trinajstić information content (AvgIpc) is 3.16. The van der Waals surface area contributed by atoms with Crippen LogP contribution in [0.3, 0.4) is 0 Å². The van der Waals surface area contributed by atoms with Gasteiger partial charge >= 0.3 is 6.18 Å². The number of alkyl halides is 3. The molecular weight excluding hydrogens is 407 g/mol. The molecule has 4 rings (SSSR count). The van der Waals surface area contributed by atoms with E-state index in [4.69, 9.17) is 16.0 Å². The molecule has 1 aliphatic heterocycles. The second-order valence-electron chi connectivity index (χ2n) is 7.07. The van der Waals surface area contributed by atoms with Crippen molar-refractivity contribution in [2.24, 2.45) is 0 Å². The third-order valence-corrected chi connectivity index (χ3v) is 5.32. The number of phenolic OH excluding ortho intramolecular Hbond substituents is 1. The fraction of sp³-hybridized carbons (Fsp3) is 0.286. The maximum atomic E-state index is 13.8. The zero-order valence-electron chi connectivity index (χ0n) is 15.2. The number of nitrogens with zero attached hydrogens (tertiary/aromatic N) is 1. The monoisotopic (exact) mass is 423 g/mol. The van der Waals surface area contributed by atoms with Crippen LogP contribution in [0, 0.1) is 0 Å². The molecule has 1 aromatic heterocycles. The van der Waals surface area contributed by atoms with E-state index in [1.165, 1.54) is 36.4 Å². The molecule has 0 bridgehead atoms. The number of likely N-dealkylation sites (tertiary alicyclic amines) is 1. The topological polar surface area (TPSA) is 53.7 Å². The molecule has 0 aliphatic carbocycles. The van der Waals surface area contributed by atoms with Crippen molar-refractivity contribution in [3.05, 3.63) is 63.0 Å². The molecule has 0 spiro atoms. The van der Waals surface area contributed by atoms with E-state index in [1.54, 1.807) is 0 Å². The highest BCUT2D eigenvalue weighted by Gasteiger charge is 2.40. The molecule has 0 amide bonds. The summed E-state index contributed by atoms with van der Waals surface area (Å²) in [5.74, 6) is -1.60. The van der Waals surface area contributed by atoms with Gasteiger partial charge in [0.1, 0.15) is 11.3 Å². The van der Waals surface area contributed by atoms with E-state index in [9.17, 15) is 23.1 Å². The van der Waals surface area contributed by atoms with E-state index in [2.05, 4.69) is 0 Å². The second-order valence-corrected chi connectivity index (χ2v) is 7.50. The lowest BCUT2D eigenvalue weighted by Crippen LogP contribution is -2.20. The van der Waals surface area contributed by atoms with Crippen molar-refractivity contribution in [3.63, 3.8) is 0 Å². The maximum absolute atomic E-state index is 13.8. The lowest BCUT2D eigenvalue weighted by molar-refractivity contribution is -0.152. The highest BCUT2D eigenvalue weighted by Crippen LogP contribution is 2.39. The number of phenols is 1. The number of rotatable bonds is 3. The molecule has 2 heterocycles. The standard InChI is InChI=1S/C21H17ClF3NO3/c22-13-5-3-4-12(10-13)17-18(28)14-6-7-16(27)15(11-26-8-1-2-9-26)19(14)29-20(17)21(23,24)25/h3-7,10,27H,1-2,8-9,11H2. The van der Waals surface area contributed by atoms with E-state index < -0.39 is 22.9 Å². The SMILES string of the molecule is O=c1c(-c2cccc(Cl)c2)c(C(F)(F)F)oc2c(CN3CCCC3)c(O)ccc12. The smallest absolute Gasteiger partial charge is 0.450 e. The van der Waals surface area contributed by atoms with Gasteiger partial charge in [0.15, 0.2) is 0 Å². The van der Waals surface area contributed by atoms with Gasteiger partial charge in [0, 0.05) is 11.6 Å². The van der Waals surface area contributed by atoms with E-state index in [1.807, 2.05) is 4.90 Å². The highest BCUT2D eigenvalue weighted by molar-refractivity contribution is 6.30. The second kappa shape index (κ2) is 7.39. The summed E-state index contributed by atoms with van der Waals surface area (Å²) >= 11 is 5.92. The summed E-state index contributed by atoms with van der Waals surface area (Å²) in [4.78, 5) is 15.1. The molecule has 1 fully saturated rings. The van der Waals surface area contributed by atoms with Crippen LogP contribution >= 0.6 is 11.6 Å². The van der Waals surface area contributed by atoms with Gasteiger partial charge in [-0.25, -0.2) is 0 Å². The van der Waals surface area contributed by atoms with Gasteiger partial charge in [-0.2, -0.15) is 13.2 Å². The number of fused-ring (bicyclic) bond motifs is 1. The minimum atomic E-state index is -4.90. The third kappa shape index (κ3) is 3.72. The van der Waals surface area contributed by atoms with Gasteiger partial charge in [0.2, 0.25) is 11.2 Å². The minimum Gasteiger partial charge on any atom is -0.507 e.